The number of tetrazole rings is 1. The zero-order chi connectivity index (χ0) is 15.8. The Kier molecular flexibility index (Phi) is 3.60. The highest BCUT2D eigenvalue weighted by Gasteiger charge is 2.31. The predicted molar refractivity (Wildman–Crippen MR) is 86.5 cm³/mol. The number of fused-ring (bicyclic) bond motifs is 1. The van der Waals surface area contributed by atoms with Crippen molar-refractivity contribution >= 4 is 28.5 Å². The summed E-state index contributed by atoms with van der Waals surface area (Å²) in [6.45, 7) is 2.86. The minimum absolute atomic E-state index is 0.323. The smallest absolute Gasteiger partial charge is 0.177 e. The van der Waals surface area contributed by atoms with Crippen LogP contribution in [0, 0.1) is 0 Å². The molecule has 23 heavy (non-hydrogen) atoms. The van der Waals surface area contributed by atoms with Crippen molar-refractivity contribution in [2.24, 2.45) is 0 Å². The summed E-state index contributed by atoms with van der Waals surface area (Å²) in [5.74, 6) is 1.11. The first-order chi connectivity index (χ1) is 11.3. The molecule has 3 aromatic heterocycles. The number of H-pyrrole nitrogens is 1. The monoisotopic (exact) mass is 332 g/mol. The minimum atomic E-state index is 0.323. The van der Waals surface area contributed by atoms with Gasteiger partial charge in [0.25, 0.3) is 0 Å². The molecule has 3 heterocycles. The SMILES string of the molecule is CCNc1cc(Cl)nc2c1ncn2C1CCC(c2nn[nH]n2)C1. The molecular weight excluding hydrogens is 316 g/mol. The average Bonchev–Trinajstić information content (AvgIpc) is 3.26. The van der Waals surface area contributed by atoms with Gasteiger partial charge >= 0.3 is 0 Å². The summed E-state index contributed by atoms with van der Waals surface area (Å²) in [4.78, 5) is 9.03. The van der Waals surface area contributed by atoms with Gasteiger partial charge < -0.3 is 9.88 Å². The van der Waals surface area contributed by atoms with Crippen LogP contribution >= 0.6 is 11.6 Å². The zero-order valence-corrected chi connectivity index (χ0v) is 13.5. The number of pyridine rings is 1. The van der Waals surface area contributed by atoms with Gasteiger partial charge in [-0.1, -0.05) is 16.8 Å². The third-order valence-electron chi connectivity index (χ3n) is 4.39. The lowest BCUT2D eigenvalue weighted by atomic mass is 10.1. The third kappa shape index (κ3) is 2.52. The Morgan fingerprint density at radius 3 is 3.13 bits per heavy atom. The molecule has 120 valence electrons. The lowest BCUT2D eigenvalue weighted by Crippen LogP contribution is -2.06. The van der Waals surface area contributed by atoms with Gasteiger partial charge in [0, 0.05) is 24.6 Å². The van der Waals surface area contributed by atoms with Crippen molar-refractivity contribution in [2.75, 3.05) is 11.9 Å². The molecule has 0 aromatic carbocycles. The molecule has 0 bridgehead atoms. The summed E-state index contributed by atoms with van der Waals surface area (Å²) in [6, 6.07) is 2.14. The summed E-state index contributed by atoms with van der Waals surface area (Å²) < 4.78 is 2.13. The van der Waals surface area contributed by atoms with Gasteiger partial charge in [0.15, 0.2) is 11.5 Å². The number of halogens is 1. The summed E-state index contributed by atoms with van der Waals surface area (Å²) in [5, 5.41) is 18.2. The molecule has 2 unspecified atom stereocenters. The van der Waals surface area contributed by atoms with E-state index in [2.05, 4.69) is 40.5 Å². The van der Waals surface area contributed by atoms with Gasteiger partial charge in [0.05, 0.1) is 12.0 Å². The van der Waals surface area contributed by atoms with E-state index < -0.39 is 0 Å². The van der Waals surface area contributed by atoms with Gasteiger partial charge in [-0.15, -0.1) is 10.2 Å². The molecule has 4 rings (SSSR count). The molecule has 2 N–H and O–H groups in total. The molecule has 9 heteroatoms. The fourth-order valence-corrected chi connectivity index (χ4v) is 3.55. The van der Waals surface area contributed by atoms with E-state index >= 15 is 0 Å². The van der Waals surface area contributed by atoms with E-state index in [0.717, 1.165) is 48.5 Å². The van der Waals surface area contributed by atoms with Gasteiger partial charge in [-0.05, 0) is 26.2 Å². The van der Waals surface area contributed by atoms with Crippen LogP contribution in [0.1, 0.15) is 44.0 Å². The Balaban J connectivity index is 1.67. The fraction of sp³-hybridized carbons (Fsp3) is 0.500. The van der Waals surface area contributed by atoms with Crippen molar-refractivity contribution < 1.29 is 0 Å². The Hall–Kier alpha value is -2.22. The molecule has 1 aliphatic rings. The standard InChI is InChI=1S/C14H17ClN8/c1-2-16-10-6-11(15)18-14-12(10)17-7-23(14)9-4-3-8(5-9)13-19-21-22-20-13/h6-9H,2-5H2,1H3,(H,16,18)(H,19,20,21,22). The van der Waals surface area contributed by atoms with Crippen molar-refractivity contribution in [3.63, 3.8) is 0 Å². The average molecular weight is 333 g/mol. The largest absolute Gasteiger partial charge is 0.383 e. The molecule has 3 aromatic rings. The molecule has 0 aliphatic heterocycles. The van der Waals surface area contributed by atoms with E-state index in [9.17, 15) is 0 Å². The topological polar surface area (TPSA) is 97.2 Å². The second-order valence-electron chi connectivity index (χ2n) is 5.78. The Morgan fingerprint density at radius 1 is 1.43 bits per heavy atom. The van der Waals surface area contributed by atoms with Gasteiger partial charge in [0.1, 0.15) is 10.7 Å². The highest BCUT2D eigenvalue weighted by Crippen LogP contribution is 2.41. The van der Waals surface area contributed by atoms with Crippen molar-refractivity contribution in [1.29, 1.82) is 0 Å². The zero-order valence-electron chi connectivity index (χ0n) is 12.7. The van der Waals surface area contributed by atoms with E-state index in [1.54, 1.807) is 0 Å². The molecular formula is C14H17ClN8. The van der Waals surface area contributed by atoms with Gasteiger partial charge in [-0.3, -0.25) is 0 Å². The molecule has 1 saturated carbocycles. The van der Waals surface area contributed by atoms with Crippen molar-refractivity contribution in [2.45, 2.75) is 38.1 Å². The maximum atomic E-state index is 6.18. The summed E-state index contributed by atoms with van der Waals surface area (Å²) >= 11 is 6.18. The number of nitrogens with zero attached hydrogens (tertiary/aromatic N) is 6. The Bertz CT molecular complexity index is 812. The minimum Gasteiger partial charge on any atom is -0.383 e. The first-order valence-electron chi connectivity index (χ1n) is 7.76. The fourth-order valence-electron chi connectivity index (χ4n) is 3.36. The molecule has 0 saturated heterocycles. The number of aromatic amines is 1. The van der Waals surface area contributed by atoms with E-state index in [1.165, 1.54) is 0 Å². The van der Waals surface area contributed by atoms with Crippen LogP contribution in [0.25, 0.3) is 11.2 Å². The maximum absolute atomic E-state index is 6.18. The van der Waals surface area contributed by atoms with Gasteiger partial charge in [-0.2, -0.15) is 5.21 Å². The molecule has 2 atom stereocenters. The summed E-state index contributed by atoms with van der Waals surface area (Å²) in [6.07, 6.45) is 4.88. The van der Waals surface area contributed by atoms with Crippen LogP contribution < -0.4 is 5.32 Å². The van der Waals surface area contributed by atoms with Gasteiger partial charge in [0.2, 0.25) is 0 Å². The molecule has 0 amide bonds. The van der Waals surface area contributed by atoms with Crippen LogP contribution in [0.5, 0.6) is 0 Å². The lowest BCUT2D eigenvalue weighted by molar-refractivity contribution is 0.516. The molecule has 1 aliphatic carbocycles. The normalized spacial score (nSPS) is 21.1. The van der Waals surface area contributed by atoms with Crippen LogP contribution in [-0.2, 0) is 0 Å². The maximum Gasteiger partial charge on any atom is 0.177 e. The second kappa shape index (κ2) is 5.77. The quantitative estimate of drug-likeness (QED) is 0.712. The first kappa shape index (κ1) is 14.4. The molecule has 1 fully saturated rings. The number of nitrogens with one attached hydrogen (secondary N) is 2. The van der Waals surface area contributed by atoms with Crippen molar-refractivity contribution in [3.8, 4) is 0 Å². The van der Waals surface area contributed by atoms with Gasteiger partial charge in [-0.25, -0.2) is 9.97 Å². The number of hydrogen-bond donors (Lipinski definition) is 2. The Labute approximate surface area is 137 Å². The van der Waals surface area contributed by atoms with E-state index in [-0.39, 0.29) is 0 Å². The van der Waals surface area contributed by atoms with Crippen molar-refractivity contribution in [3.05, 3.63) is 23.4 Å². The molecule has 0 spiro atoms. The molecule has 8 nitrogen and oxygen atoms in total. The number of rotatable bonds is 4. The van der Waals surface area contributed by atoms with E-state index in [0.29, 0.717) is 17.1 Å². The number of aromatic nitrogens is 7. The molecule has 0 radical (unpaired) electrons. The van der Waals surface area contributed by atoms with Crippen LogP contribution in [0.15, 0.2) is 12.4 Å². The third-order valence-corrected chi connectivity index (χ3v) is 4.58. The Morgan fingerprint density at radius 2 is 2.35 bits per heavy atom. The summed E-state index contributed by atoms with van der Waals surface area (Å²) in [7, 11) is 0. The number of hydrogen-bond acceptors (Lipinski definition) is 6. The van der Waals surface area contributed by atoms with E-state index in [4.69, 9.17) is 11.6 Å². The number of imidazole rings is 1. The highest BCUT2D eigenvalue weighted by molar-refractivity contribution is 6.30. The lowest BCUT2D eigenvalue weighted by Gasteiger charge is -2.13. The van der Waals surface area contributed by atoms with Crippen LogP contribution in [0.4, 0.5) is 5.69 Å². The second-order valence-corrected chi connectivity index (χ2v) is 6.17. The van der Waals surface area contributed by atoms with Crippen LogP contribution in [0.2, 0.25) is 5.15 Å². The number of anilines is 1. The first-order valence-corrected chi connectivity index (χ1v) is 8.14. The predicted octanol–water partition coefficient (Wildman–Crippen LogP) is 2.54. The van der Waals surface area contributed by atoms with Crippen LogP contribution in [-0.4, -0.2) is 41.7 Å². The van der Waals surface area contributed by atoms with Crippen molar-refractivity contribution in [1.82, 2.24) is 35.2 Å². The van der Waals surface area contributed by atoms with E-state index in [1.807, 2.05) is 19.3 Å². The highest BCUT2D eigenvalue weighted by atomic mass is 35.5. The summed E-state index contributed by atoms with van der Waals surface area (Å²) in [5.41, 5.74) is 2.61. The van der Waals surface area contributed by atoms with Crippen LogP contribution in [0.3, 0.4) is 0 Å².